The molecule has 11 unspecified atom stereocenters. The Kier molecular flexibility index (Phi) is 8.23. The Balaban J connectivity index is 1.50. The maximum Gasteiger partial charge on any atom is 0.311 e. The van der Waals surface area contributed by atoms with E-state index in [4.69, 9.17) is 9.99 Å². The van der Waals surface area contributed by atoms with Crippen molar-refractivity contribution in [3.05, 3.63) is 0 Å². The second-order valence-corrected chi connectivity index (χ2v) is 14.1. The monoisotopic (exact) mass is 508 g/mol. The van der Waals surface area contributed by atoms with Crippen molar-refractivity contribution in [3.8, 4) is 0 Å². The summed E-state index contributed by atoms with van der Waals surface area (Å²) in [6, 6.07) is 0. The van der Waals surface area contributed by atoms with Gasteiger partial charge in [0.05, 0.1) is 24.2 Å². The van der Waals surface area contributed by atoms with Gasteiger partial charge >= 0.3 is 5.97 Å². The summed E-state index contributed by atoms with van der Waals surface area (Å²) in [6.07, 6.45) is 8.18. The summed E-state index contributed by atoms with van der Waals surface area (Å²) in [6.45, 7) is 13.3. The molecular formula is C30H52O6. The van der Waals surface area contributed by atoms with Crippen LogP contribution in [0.2, 0.25) is 0 Å². The molecule has 4 aliphatic rings. The average molecular weight is 509 g/mol. The maximum atomic E-state index is 12.7. The average Bonchev–Trinajstić information content (AvgIpc) is 3.19. The predicted molar refractivity (Wildman–Crippen MR) is 139 cm³/mol. The molecule has 0 bridgehead atoms. The van der Waals surface area contributed by atoms with Gasteiger partial charge in [-0.3, -0.25) is 10.1 Å². The van der Waals surface area contributed by atoms with Gasteiger partial charge in [-0.15, -0.1) is 0 Å². The summed E-state index contributed by atoms with van der Waals surface area (Å²) in [4.78, 5) is 17.0. The van der Waals surface area contributed by atoms with Gasteiger partial charge in [0.15, 0.2) is 0 Å². The van der Waals surface area contributed by atoms with Crippen LogP contribution in [0, 0.1) is 51.8 Å². The Hall–Kier alpha value is -0.690. The molecule has 36 heavy (non-hydrogen) atoms. The van der Waals surface area contributed by atoms with Crippen molar-refractivity contribution in [1.82, 2.24) is 0 Å². The van der Waals surface area contributed by atoms with E-state index in [2.05, 4.69) is 25.7 Å². The minimum atomic E-state index is -0.461. The van der Waals surface area contributed by atoms with Crippen LogP contribution in [0.5, 0.6) is 0 Å². The SMILES string of the molecule is CCC(C)(C)C(=O)OC1CCC2(C)C(C1)CC(O)C1C2CC(O)C2(C)C(C(C)CCCOO)CCC12. The first-order chi connectivity index (χ1) is 16.9. The molecule has 6 heteroatoms. The quantitative estimate of drug-likeness (QED) is 0.165. The van der Waals surface area contributed by atoms with E-state index in [1.807, 2.05) is 20.8 Å². The largest absolute Gasteiger partial charge is 0.462 e. The molecule has 0 aromatic heterocycles. The molecule has 0 spiro atoms. The molecule has 0 aromatic carbocycles. The van der Waals surface area contributed by atoms with Crippen molar-refractivity contribution in [2.45, 2.75) is 124 Å². The molecule has 4 aliphatic carbocycles. The number of hydrogen-bond acceptors (Lipinski definition) is 6. The third-order valence-corrected chi connectivity index (χ3v) is 12.1. The standard InChI is InChI=1S/C30H52O6/c1-7-28(3,4)27(33)36-20-12-13-29(5)19(15-20)16-24(31)26-22-11-10-21(18(2)9-8-14-35-34)30(22,6)25(32)17-23(26)29/h18-26,31-32,34H,7-17H2,1-6H3. The Bertz CT molecular complexity index is 783. The Morgan fingerprint density at radius 2 is 1.81 bits per heavy atom. The third-order valence-electron chi connectivity index (χ3n) is 12.1. The normalized spacial score (nSPS) is 45.4. The van der Waals surface area contributed by atoms with Crippen molar-refractivity contribution in [2.75, 3.05) is 6.61 Å². The molecule has 4 rings (SSSR count). The van der Waals surface area contributed by atoms with Gasteiger partial charge in [-0.05, 0) is 124 Å². The highest BCUT2D eigenvalue weighted by Gasteiger charge is 2.65. The molecule has 0 heterocycles. The smallest absolute Gasteiger partial charge is 0.311 e. The topological polar surface area (TPSA) is 96.2 Å². The molecule has 0 aromatic rings. The van der Waals surface area contributed by atoms with Gasteiger partial charge in [0.1, 0.15) is 6.10 Å². The summed E-state index contributed by atoms with van der Waals surface area (Å²) < 4.78 is 6.00. The molecule has 0 aliphatic heterocycles. The first-order valence-corrected chi connectivity index (χ1v) is 14.7. The van der Waals surface area contributed by atoms with Crippen molar-refractivity contribution < 1.29 is 29.9 Å². The van der Waals surface area contributed by atoms with Gasteiger partial charge in [-0.2, -0.15) is 0 Å². The fourth-order valence-electron chi connectivity index (χ4n) is 9.35. The lowest BCUT2D eigenvalue weighted by Crippen LogP contribution is -2.62. The molecule has 6 nitrogen and oxygen atoms in total. The van der Waals surface area contributed by atoms with Crippen molar-refractivity contribution >= 4 is 5.97 Å². The zero-order valence-corrected chi connectivity index (χ0v) is 23.5. The molecule has 208 valence electrons. The summed E-state index contributed by atoms with van der Waals surface area (Å²) in [5, 5.41) is 32.1. The fraction of sp³-hybridized carbons (Fsp3) is 0.967. The zero-order valence-electron chi connectivity index (χ0n) is 23.5. The van der Waals surface area contributed by atoms with Gasteiger partial charge in [0.25, 0.3) is 0 Å². The Labute approximate surface area is 218 Å². The van der Waals surface area contributed by atoms with Crippen LogP contribution >= 0.6 is 0 Å². The number of carbonyl (C=O) groups excluding carboxylic acids is 1. The molecular weight excluding hydrogens is 456 g/mol. The van der Waals surface area contributed by atoms with Crippen LogP contribution in [0.4, 0.5) is 0 Å². The number of ether oxygens (including phenoxy) is 1. The minimum Gasteiger partial charge on any atom is -0.462 e. The van der Waals surface area contributed by atoms with Gasteiger partial charge in [0, 0.05) is 0 Å². The highest BCUT2D eigenvalue weighted by Crippen LogP contribution is 2.68. The lowest BCUT2D eigenvalue weighted by molar-refractivity contribution is -0.243. The van der Waals surface area contributed by atoms with Crippen molar-refractivity contribution in [2.24, 2.45) is 51.8 Å². The second kappa shape index (κ2) is 10.5. The summed E-state index contributed by atoms with van der Waals surface area (Å²) in [5.41, 5.74) is -0.571. The molecule has 11 atom stereocenters. The van der Waals surface area contributed by atoms with Gasteiger partial charge < -0.3 is 14.9 Å². The van der Waals surface area contributed by atoms with E-state index in [9.17, 15) is 15.0 Å². The minimum absolute atomic E-state index is 0.0662. The lowest BCUT2D eigenvalue weighted by Gasteiger charge is -2.63. The number of aliphatic hydroxyl groups is 2. The van der Waals surface area contributed by atoms with Crippen LogP contribution in [-0.2, 0) is 14.4 Å². The van der Waals surface area contributed by atoms with E-state index < -0.39 is 5.41 Å². The van der Waals surface area contributed by atoms with E-state index in [0.717, 1.165) is 64.2 Å². The fourth-order valence-corrected chi connectivity index (χ4v) is 9.35. The lowest BCUT2D eigenvalue weighted by atomic mass is 9.43. The number of hydrogen-bond donors (Lipinski definition) is 3. The second-order valence-electron chi connectivity index (χ2n) is 14.1. The number of esters is 1. The van der Waals surface area contributed by atoms with Crippen molar-refractivity contribution in [1.29, 1.82) is 0 Å². The summed E-state index contributed by atoms with van der Waals surface area (Å²) in [5.74, 6) is 1.96. The number of fused-ring (bicyclic) bond motifs is 5. The number of aliphatic hydroxyl groups excluding tert-OH is 2. The predicted octanol–water partition coefficient (Wildman–Crippen LogP) is 5.84. The van der Waals surface area contributed by atoms with Crippen LogP contribution in [0.1, 0.15) is 106 Å². The molecule has 0 saturated heterocycles. The van der Waals surface area contributed by atoms with Crippen LogP contribution in [0.3, 0.4) is 0 Å². The van der Waals surface area contributed by atoms with Crippen LogP contribution in [-0.4, -0.2) is 46.4 Å². The molecule has 0 radical (unpaired) electrons. The summed E-state index contributed by atoms with van der Waals surface area (Å²) in [7, 11) is 0. The highest BCUT2D eigenvalue weighted by molar-refractivity contribution is 5.76. The van der Waals surface area contributed by atoms with Gasteiger partial charge in [-0.1, -0.05) is 27.7 Å². The van der Waals surface area contributed by atoms with E-state index in [-0.39, 0.29) is 41.0 Å². The highest BCUT2D eigenvalue weighted by atomic mass is 17.1. The molecule has 3 N–H and O–H groups in total. The van der Waals surface area contributed by atoms with E-state index >= 15 is 0 Å². The first kappa shape index (κ1) is 28.3. The van der Waals surface area contributed by atoms with Crippen LogP contribution < -0.4 is 0 Å². The van der Waals surface area contributed by atoms with E-state index in [1.165, 1.54) is 0 Å². The zero-order chi connectivity index (χ0) is 26.5. The molecule has 4 fully saturated rings. The van der Waals surface area contributed by atoms with E-state index in [0.29, 0.717) is 36.2 Å². The van der Waals surface area contributed by atoms with Crippen LogP contribution in [0.15, 0.2) is 0 Å². The molecule has 4 saturated carbocycles. The Morgan fingerprint density at radius 3 is 2.47 bits per heavy atom. The summed E-state index contributed by atoms with van der Waals surface area (Å²) >= 11 is 0. The number of rotatable bonds is 8. The van der Waals surface area contributed by atoms with Crippen molar-refractivity contribution in [3.63, 3.8) is 0 Å². The number of carbonyl (C=O) groups is 1. The maximum absolute atomic E-state index is 12.7. The molecule has 0 amide bonds. The van der Waals surface area contributed by atoms with Crippen LogP contribution in [0.25, 0.3) is 0 Å². The van der Waals surface area contributed by atoms with Gasteiger partial charge in [-0.25, -0.2) is 4.89 Å². The third kappa shape index (κ3) is 4.67. The Morgan fingerprint density at radius 1 is 1.08 bits per heavy atom. The van der Waals surface area contributed by atoms with Gasteiger partial charge in [0.2, 0.25) is 0 Å². The van der Waals surface area contributed by atoms with E-state index in [1.54, 1.807) is 0 Å². The first-order valence-electron chi connectivity index (χ1n) is 14.7.